The summed E-state index contributed by atoms with van der Waals surface area (Å²) in [6.45, 7) is 0.170. The van der Waals surface area contributed by atoms with Gasteiger partial charge in [-0.1, -0.05) is 6.07 Å². The molecule has 0 unspecified atom stereocenters. The summed E-state index contributed by atoms with van der Waals surface area (Å²) in [5.41, 5.74) is 2.81. The highest BCUT2D eigenvalue weighted by Gasteiger charge is 2.18. The van der Waals surface area contributed by atoms with Gasteiger partial charge < -0.3 is 14.0 Å². The van der Waals surface area contributed by atoms with Gasteiger partial charge in [0.25, 0.3) is 5.56 Å². The Hall–Kier alpha value is -4.20. The van der Waals surface area contributed by atoms with E-state index < -0.39 is 5.82 Å². The van der Waals surface area contributed by atoms with Crippen molar-refractivity contribution >= 4 is 16.6 Å². The van der Waals surface area contributed by atoms with Crippen molar-refractivity contribution in [3.05, 3.63) is 94.5 Å². The fourth-order valence-electron chi connectivity index (χ4n) is 4.03. The molecule has 0 saturated heterocycles. The molecule has 8 heteroatoms. The lowest BCUT2D eigenvalue weighted by Gasteiger charge is -2.14. The van der Waals surface area contributed by atoms with E-state index in [-0.39, 0.29) is 17.9 Å². The standard InChI is InChI=1S/C25H19F2N3O3/c1-32-21-10-3-15(11-22(21)33-2)13-29-20-12-18(27)8-9-19(20)30-14-28-23(24(30)25(29)31)16-4-6-17(26)7-5-16/h3-12,14H,13H2,1-2H3. The van der Waals surface area contributed by atoms with Gasteiger partial charge in [-0.15, -0.1) is 0 Å². The summed E-state index contributed by atoms with van der Waals surface area (Å²) in [6.07, 6.45) is 1.52. The third kappa shape index (κ3) is 3.49. The second-order valence-corrected chi connectivity index (χ2v) is 7.53. The molecule has 0 saturated carbocycles. The molecule has 0 amide bonds. The molecule has 0 fully saturated rings. The normalized spacial score (nSPS) is 11.3. The first-order valence-corrected chi connectivity index (χ1v) is 10.2. The minimum atomic E-state index is -0.457. The molecule has 2 aromatic heterocycles. The van der Waals surface area contributed by atoms with Gasteiger partial charge in [-0.25, -0.2) is 13.8 Å². The largest absolute Gasteiger partial charge is 0.493 e. The van der Waals surface area contributed by atoms with Crippen LogP contribution >= 0.6 is 0 Å². The van der Waals surface area contributed by atoms with Gasteiger partial charge in [-0.3, -0.25) is 9.20 Å². The Morgan fingerprint density at radius 3 is 2.30 bits per heavy atom. The van der Waals surface area contributed by atoms with E-state index in [9.17, 15) is 13.6 Å². The van der Waals surface area contributed by atoms with E-state index in [1.165, 1.54) is 42.3 Å². The summed E-state index contributed by atoms with van der Waals surface area (Å²) in [7, 11) is 3.08. The second-order valence-electron chi connectivity index (χ2n) is 7.53. The van der Waals surface area contributed by atoms with Gasteiger partial charge in [0.1, 0.15) is 29.2 Å². The van der Waals surface area contributed by atoms with Crippen LogP contribution in [0.5, 0.6) is 11.5 Å². The lowest BCUT2D eigenvalue weighted by atomic mass is 10.1. The first kappa shape index (κ1) is 20.7. The zero-order valence-electron chi connectivity index (χ0n) is 17.9. The molecule has 0 spiro atoms. The minimum absolute atomic E-state index is 0.170. The Bertz CT molecular complexity index is 1560. The summed E-state index contributed by atoms with van der Waals surface area (Å²) in [6, 6.07) is 15.4. The van der Waals surface area contributed by atoms with E-state index in [1.807, 2.05) is 6.07 Å². The van der Waals surface area contributed by atoms with Gasteiger partial charge in [0.05, 0.1) is 31.8 Å². The molecule has 0 bridgehead atoms. The van der Waals surface area contributed by atoms with Gasteiger partial charge in [-0.05, 0) is 60.2 Å². The number of halogens is 2. The molecule has 5 aromatic rings. The molecule has 2 heterocycles. The first-order chi connectivity index (χ1) is 16.0. The molecule has 0 aliphatic rings. The smallest absolute Gasteiger partial charge is 0.277 e. The summed E-state index contributed by atoms with van der Waals surface area (Å²) >= 11 is 0. The van der Waals surface area contributed by atoms with Crippen LogP contribution in [0.4, 0.5) is 8.78 Å². The molecule has 0 N–H and O–H groups in total. The van der Waals surface area contributed by atoms with Crippen molar-refractivity contribution in [3.63, 3.8) is 0 Å². The van der Waals surface area contributed by atoms with Crippen molar-refractivity contribution in [1.29, 1.82) is 0 Å². The SMILES string of the molecule is COc1ccc(Cn2c(=O)c3c(-c4ccc(F)cc4)ncn3c3ccc(F)cc32)cc1OC. The van der Waals surface area contributed by atoms with Gasteiger partial charge in [0.2, 0.25) is 0 Å². The average molecular weight is 447 g/mol. The zero-order valence-corrected chi connectivity index (χ0v) is 17.9. The topological polar surface area (TPSA) is 57.8 Å². The molecular formula is C25H19F2N3O3. The molecule has 166 valence electrons. The fraction of sp³-hybridized carbons (Fsp3) is 0.120. The van der Waals surface area contributed by atoms with Crippen molar-refractivity contribution in [3.8, 4) is 22.8 Å². The van der Waals surface area contributed by atoms with Crippen molar-refractivity contribution in [2.24, 2.45) is 0 Å². The highest BCUT2D eigenvalue weighted by Crippen LogP contribution is 2.29. The number of benzene rings is 3. The van der Waals surface area contributed by atoms with Crippen LogP contribution in [-0.2, 0) is 6.54 Å². The number of aromatic nitrogens is 3. The highest BCUT2D eigenvalue weighted by atomic mass is 19.1. The summed E-state index contributed by atoms with van der Waals surface area (Å²) in [5.74, 6) is 0.251. The monoisotopic (exact) mass is 447 g/mol. The molecule has 0 aliphatic carbocycles. The lowest BCUT2D eigenvalue weighted by Crippen LogP contribution is -2.24. The van der Waals surface area contributed by atoms with Crippen LogP contribution in [0, 0.1) is 11.6 Å². The minimum Gasteiger partial charge on any atom is -0.493 e. The van der Waals surface area contributed by atoms with Crippen LogP contribution in [0.1, 0.15) is 5.56 Å². The molecular weight excluding hydrogens is 428 g/mol. The molecule has 0 aliphatic heterocycles. The molecule has 6 nitrogen and oxygen atoms in total. The first-order valence-electron chi connectivity index (χ1n) is 10.2. The maximum atomic E-state index is 14.2. The van der Waals surface area contributed by atoms with E-state index in [0.717, 1.165) is 5.56 Å². The third-order valence-corrected chi connectivity index (χ3v) is 5.61. The van der Waals surface area contributed by atoms with Crippen LogP contribution in [0.2, 0.25) is 0 Å². The highest BCUT2D eigenvalue weighted by molar-refractivity contribution is 5.85. The van der Waals surface area contributed by atoms with Crippen molar-refractivity contribution in [2.45, 2.75) is 6.54 Å². The second kappa shape index (κ2) is 8.05. The van der Waals surface area contributed by atoms with E-state index in [2.05, 4.69) is 4.98 Å². The van der Waals surface area contributed by atoms with Gasteiger partial charge in [-0.2, -0.15) is 0 Å². The number of methoxy groups -OCH3 is 2. The summed E-state index contributed by atoms with van der Waals surface area (Å²) < 4.78 is 41.5. The molecule has 33 heavy (non-hydrogen) atoms. The predicted molar refractivity (Wildman–Crippen MR) is 121 cm³/mol. The zero-order chi connectivity index (χ0) is 23.1. The molecule has 0 atom stereocenters. The van der Waals surface area contributed by atoms with Crippen LogP contribution in [0.3, 0.4) is 0 Å². The number of imidazole rings is 1. The Balaban J connectivity index is 1.77. The fourth-order valence-corrected chi connectivity index (χ4v) is 4.03. The van der Waals surface area contributed by atoms with Gasteiger partial charge >= 0.3 is 0 Å². The van der Waals surface area contributed by atoms with Crippen molar-refractivity contribution in [2.75, 3.05) is 14.2 Å². The molecule has 0 radical (unpaired) electrons. The van der Waals surface area contributed by atoms with E-state index in [0.29, 0.717) is 39.3 Å². The van der Waals surface area contributed by atoms with E-state index in [4.69, 9.17) is 9.47 Å². The summed E-state index contributed by atoms with van der Waals surface area (Å²) in [5, 5.41) is 0. The van der Waals surface area contributed by atoms with Crippen LogP contribution in [-0.4, -0.2) is 28.2 Å². The summed E-state index contributed by atoms with van der Waals surface area (Å²) in [4.78, 5) is 18.1. The number of rotatable bonds is 5. The number of nitrogens with zero attached hydrogens (tertiary/aromatic N) is 3. The lowest BCUT2D eigenvalue weighted by molar-refractivity contribution is 0.354. The third-order valence-electron chi connectivity index (χ3n) is 5.61. The van der Waals surface area contributed by atoms with Crippen LogP contribution in [0.25, 0.3) is 27.8 Å². The maximum Gasteiger partial charge on any atom is 0.277 e. The van der Waals surface area contributed by atoms with Gasteiger partial charge in [0, 0.05) is 5.56 Å². The maximum absolute atomic E-state index is 14.2. The Morgan fingerprint density at radius 1 is 0.848 bits per heavy atom. The van der Waals surface area contributed by atoms with E-state index >= 15 is 0 Å². The van der Waals surface area contributed by atoms with Gasteiger partial charge in [0.15, 0.2) is 11.5 Å². The quantitative estimate of drug-likeness (QED) is 0.393. The number of fused-ring (bicyclic) bond motifs is 3. The predicted octanol–water partition coefficient (Wildman–Crippen LogP) is 4.66. The van der Waals surface area contributed by atoms with E-state index in [1.54, 1.807) is 41.8 Å². The number of hydrogen-bond donors (Lipinski definition) is 0. The number of hydrogen-bond acceptors (Lipinski definition) is 4. The Labute approximate surface area is 187 Å². The van der Waals surface area contributed by atoms with Crippen LogP contribution < -0.4 is 15.0 Å². The van der Waals surface area contributed by atoms with Crippen molar-refractivity contribution in [1.82, 2.24) is 14.0 Å². The van der Waals surface area contributed by atoms with Crippen LogP contribution in [0.15, 0.2) is 71.8 Å². The average Bonchev–Trinajstić information content (AvgIpc) is 3.27. The Kier molecular flexibility index (Phi) is 5.05. The van der Waals surface area contributed by atoms with Crippen molar-refractivity contribution < 1.29 is 18.3 Å². The number of ether oxygens (including phenoxy) is 2. The molecule has 5 rings (SSSR count). The molecule has 3 aromatic carbocycles. The Morgan fingerprint density at radius 2 is 1.58 bits per heavy atom.